The summed E-state index contributed by atoms with van der Waals surface area (Å²) in [5.41, 5.74) is 7.24. The molecule has 4 atom stereocenters. The molecule has 14 heteroatoms. The number of esters is 2. The molecule has 0 heterocycles. The Morgan fingerprint density at radius 3 is 1.59 bits per heavy atom. The molecular weight excluding hydrogens is 634 g/mol. The molecule has 0 radical (unpaired) electrons. The van der Waals surface area contributed by atoms with Crippen molar-refractivity contribution in [3.8, 4) is 0 Å². The Morgan fingerprint density at radius 2 is 1.16 bits per heavy atom. The number of carbonyl (C=O) groups is 6. The van der Waals surface area contributed by atoms with Gasteiger partial charge in [0, 0.05) is 0 Å². The number of hydrogen-bond donors (Lipinski definition) is 6. The quantitative estimate of drug-likeness (QED) is 0.0884. The Balaban J connectivity index is 1.82. The van der Waals surface area contributed by atoms with E-state index in [-0.39, 0.29) is 0 Å². The zero-order chi connectivity index (χ0) is 36.0. The Kier molecular flexibility index (Phi) is 14.0. The number of rotatable bonds is 16. The maximum absolute atomic E-state index is 13.7. The van der Waals surface area contributed by atoms with Gasteiger partial charge in [-0.05, 0) is 23.6 Å². The molecule has 0 saturated carbocycles. The van der Waals surface area contributed by atoms with Crippen molar-refractivity contribution in [1.82, 2.24) is 21.3 Å². The van der Waals surface area contributed by atoms with Crippen LogP contribution in [0.25, 0.3) is 0 Å². The second kappa shape index (κ2) is 18.1. The summed E-state index contributed by atoms with van der Waals surface area (Å²) < 4.78 is 9.11. The lowest BCUT2D eigenvalue weighted by Gasteiger charge is -2.37. The van der Waals surface area contributed by atoms with Gasteiger partial charge in [-0.2, -0.15) is 0 Å². The van der Waals surface area contributed by atoms with Gasteiger partial charge in [0.25, 0.3) is 0 Å². The summed E-state index contributed by atoms with van der Waals surface area (Å²) in [6.07, 6.45) is -2.62. The third-order valence-corrected chi connectivity index (χ3v) is 7.62. The lowest BCUT2D eigenvalue weighted by atomic mass is 9.77. The lowest BCUT2D eigenvalue weighted by molar-refractivity contribution is -0.144. The highest BCUT2D eigenvalue weighted by atomic mass is 16.5. The van der Waals surface area contributed by atoms with E-state index in [0.717, 1.165) is 30.9 Å². The summed E-state index contributed by atoms with van der Waals surface area (Å²) in [6.45, 7) is 0.680. The molecule has 0 saturated heterocycles. The second-order valence-electron chi connectivity index (χ2n) is 11.1. The molecular formula is C35H41N5O9. The van der Waals surface area contributed by atoms with Crippen LogP contribution in [0.4, 0.5) is 0 Å². The van der Waals surface area contributed by atoms with E-state index in [2.05, 4.69) is 30.7 Å². The van der Waals surface area contributed by atoms with E-state index in [9.17, 15) is 33.9 Å². The maximum atomic E-state index is 13.7. The highest BCUT2D eigenvalue weighted by Gasteiger charge is 2.39. The minimum absolute atomic E-state index is 0.515. The summed E-state index contributed by atoms with van der Waals surface area (Å²) in [4.78, 5) is 76.4. The molecule has 0 aliphatic rings. The lowest BCUT2D eigenvalue weighted by Crippen LogP contribution is -2.59. The van der Waals surface area contributed by atoms with Crippen molar-refractivity contribution in [1.29, 1.82) is 0 Å². The van der Waals surface area contributed by atoms with Gasteiger partial charge < -0.3 is 41.6 Å². The van der Waals surface area contributed by atoms with E-state index in [1.165, 1.54) is 6.92 Å². The Morgan fingerprint density at radius 1 is 0.694 bits per heavy atom. The first-order chi connectivity index (χ1) is 23.4. The van der Waals surface area contributed by atoms with Gasteiger partial charge in [0.15, 0.2) is 0 Å². The second-order valence-corrected chi connectivity index (χ2v) is 11.1. The average molecular weight is 676 g/mol. The minimum atomic E-state index is -1.61. The number of ether oxygens (including phenoxy) is 2. The maximum Gasteiger partial charge on any atom is 0.325 e. The molecule has 4 unspecified atom stereocenters. The van der Waals surface area contributed by atoms with Crippen molar-refractivity contribution in [3.05, 3.63) is 108 Å². The first-order valence-electron chi connectivity index (χ1n) is 15.4. The molecule has 49 heavy (non-hydrogen) atoms. The van der Waals surface area contributed by atoms with Crippen molar-refractivity contribution in [3.63, 3.8) is 0 Å². The highest BCUT2D eigenvalue weighted by Crippen LogP contribution is 2.36. The molecule has 14 nitrogen and oxygen atoms in total. The number of aliphatic hydroxyl groups excluding tert-OH is 1. The van der Waals surface area contributed by atoms with Crippen LogP contribution in [-0.2, 0) is 43.8 Å². The van der Waals surface area contributed by atoms with Crippen LogP contribution in [0.5, 0.6) is 0 Å². The van der Waals surface area contributed by atoms with E-state index in [4.69, 9.17) is 5.73 Å². The van der Waals surface area contributed by atoms with E-state index in [1.807, 2.05) is 91.0 Å². The number of benzene rings is 3. The molecule has 3 rings (SSSR count). The molecule has 7 N–H and O–H groups in total. The number of amides is 4. The molecule has 0 bridgehead atoms. The summed E-state index contributed by atoms with van der Waals surface area (Å²) in [7, 11) is 2.19. The number of aliphatic hydroxyl groups is 1. The molecule has 0 aliphatic carbocycles. The molecule has 0 fully saturated rings. The number of hydrogen-bond acceptors (Lipinski definition) is 10. The fourth-order valence-electron chi connectivity index (χ4n) is 5.07. The standard InChI is InChI=1S/C35H41N5O9/c1-22(41)31(34(47)37-21-30(44)49-3)39-33(46)27(20-29(43)48-2)38-32(45)26(36)19-28(42)40-35(23-13-7-4-8-14-23,24-15-9-5-10-16-24)25-17-11-6-12-18-25/h4-18,22,26-27,31,41H,19-21,36H2,1-3H3,(H,37,47)(H,38,45)(H,39,46)(H,40,42). The van der Waals surface area contributed by atoms with Crippen molar-refractivity contribution < 1.29 is 43.3 Å². The number of nitrogens with one attached hydrogen (secondary N) is 4. The van der Waals surface area contributed by atoms with Crippen molar-refractivity contribution in [2.45, 2.75) is 49.5 Å². The monoisotopic (exact) mass is 675 g/mol. The van der Waals surface area contributed by atoms with Crippen LogP contribution in [0.15, 0.2) is 91.0 Å². The van der Waals surface area contributed by atoms with E-state index in [0.29, 0.717) is 0 Å². The third kappa shape index (κ3) is 10.2. The highest BCUT2D eigenvalue weighted by molar-refractivity contribution is 5.96. The molecule has 3 aromatic carbocycles. The van der Waals surface area contributed by atoms with Gasteiger partial charge in [0.1, 0.15) is 24.2 Å². The Bertz CT molecular complexity index is 1490. The van der Waals surface area contributed by atoms with E-state index < -0.39 is 84.7 Å². The van der Waals surface area contributed by atoms with Crippen LogP contribution >= 0.6 is 0 Å². The van der Waals surface area contributed by atoms with Crippen molar-refractivity contribution in [2.75, 3.05) is 20.8 Å². The first kappa shape index (κ1) is 37.9. The van der Waals surface area contributed by atoms with Crippen molar-refractivity contribution in [2.24, 2.45) is 5.73 Å². The van der Waals surface area contributed by atoms with Crippen molar-refractivity contribution >= 4 is 35.6 Å². The fraction of sp³-hybridized carbons (Fsp3) is 0.314. The molecule has 3 aromatic rings. The van der Waals surface area contributed by atoms with Gasteiger partial charge in [-0.1, -0.05) is 91.0 Å². The van der Waals surface area contributed by atoms with Crippen LogP contribution in [-0.4, -0.2) is 85.7 Å². The number of carbonyl (C=O) groups excluding carboxylic acids is 6. The molecule has 0 aliphatic heterocycles. The predicted octanol–water partition coefficient (Wildman–Crippen LogP) is 0.0148. The summed E-state index contributed by atoms with van der Waals surface area (Å²) >= 11 is 0. The zero-order valence-electron chi connectivity index (χ0n) is 27.4. The average Bonchev–Trinajstić information content (AvgIpc) is 3.11. The topological polar surface area (TPSA) is 215 Å². The first-order valence-corrected chi connectivity index (χ1v) is 15.4. The van der Waals surface area contributed by atoms with Crippen LogP contribution < -0.4 is 27.0 Å². The summed E-state index contributed by atoms with van der Waals surface area (Å²) in [6, 6.07) is 23.2. The van der Waals surface area contributed by atoms with E-state index in [1.54, 1.807) is 0 Å². The van der Waals surface area contributed by atoms with E-state index >= 15 is 0 Å². The van der Waals surface area contributed by atoms with Gasteiger partial charge in [0.05, 0.1) is 39.2 Å². The molecule has 260 valence electrons. The minimum Gasteiger partial charge on any atom is -0.469 e. The molecule has 0 aromatic heterocycles. The number of nitrogens with two attached hydrogens (primary N) is 1. The third-order valence-electron chi connectivity index (χ3n) is 7.62. The number of methoxy groups -OCH3 is 2. The van der Waals surface area contributed by atoms with Gasteiger partial charge in [-0.25, -0.2) is 0 Å². The van der Waals surface area contributed by atoms with Crippen LogP contribution in [0, 0.1) is 0 Å². The van der Waals surface area contributed by atoms with Crippen LogP contribution in [0.3, 0.4) is 0 Å². The molecule has 0 spiro atoms. The zero-order valence-corrected chi connectivity index (χ0v) is 27.4. The molecule has 4 amide bonds. The predicted molar refractivity (Wildman–Crippen MR) is 177 cm³/mol. The smallest absolute Gasteiger partial charge is 0.325 e. The summed E-state index contributed by atoms with van der Waals surface area (Å²) in [5, 5.41) is 20.1. The largest absolute Gasteiger partial charge is 0.469 e. The van der Waals surface area contributed by atoms with Gasteiger partial charge in [-0.3, -0.25) is 28.8 Å². The van der Waals surface area contributed by atoms with Crippen LogP contribution in [0.1, 0.15) is 36.5 Å². The fourth-order valence-corrected chi connectivity index (χ4v) is 5.07. The van der Waals surface area contributed by atoms with Gasteiger partial charge in [-0.15, -0.1) is 0 Å². The van der Waals surface area contributed by atoms with Crippen LogP contribution in [0.2, 0.25) is 0 Å². The Labute approximate surface area is 283 Å². The summed E-state index contributed by atoms with van der Waals surface area (Å²) in [5.74, 6) is -5.16. The SMILES string of the molecule is COC(=O)CNC(=O)C(NC(=O)C(CC(=O)OC)NC(=O)C(N)CC(=O)NC(c1ccccc1)(c1ccccc1)c1ccccc1)C(C)O. The van der Waals surface area contributed by atoms with Gasteiger partial charge in [0.2, 0.25) is 23.6 Å². The Hall–Kier alpha value is -5.60. The normalized spacial score (nSPS) is 13.4. The van der Waals surface area contributed by atoms with Gasteiger partial charge >= 0.3 is 11.9 Å².